The van der Waals surface area contributed by atoms with E-state index < -0.39 is 11.9 Å². The number of amides is 2. The van der Waals surface area contributed by atoms with Crippen LogP contribution in [-0.4, -0.2) is 29.3 Å². The Labute approximate surface area is 177 Å². The minimum atomic E-state index is -0.635. The van der Waals surface area contributed by atoms with Crippen LogP contribution in [0.3, 0.4) is 0 Å². The largest absolute Gasteiger partial charge is 0.354 e. The SMILES string of the molecule is CCC(C(=O)NCC(C)C)N(Cc1ccc(Cl)cc1)C(=O)Cc1ccccc1F. The number of nitrogens with one attached hydrogen (secondary N) is 1. The third-order valence-electron chi connectivity index (χ3n) is 4.64. The van der Waals surface area contributed by atoms with Crippen molar-refractivity contribution < 1.29 is 14.0 Å². The van der Waals surface area contributed by atoms with Crippen LogP contribution in [0.1, 0.15) is 38.3 Å². The van der Waals surface area contributed by atoms with Crippen LogP contribution in [-0.2, 0) is 22.6 Å². The number of nitrogens with zero attached hydrogens (tertiary/aromatic N) is 1. The molecule has 2 rings (SSSR count). The van der Waals surface area contributed by atoms with Gasteiger partial charge in [-0.05, 0) is 41.7 Å². The van der Waals surface area contributed by atoms with E-state index in [-0.39, 0.29) is 24.8 Å². The summed E-state index contributed by atoms with van der Waals surface area (Å²) in [5.41, 5.74) is 1.17. The molecule has 2 aromatic rings. The third-order valence-corrected chi connectivity index (χ3v) is 4.89. The molecule has 0 spiro atoms. The van der Waals surface area contributed by atoms with Gasteiger partial charge in [-0.2, -0.15) is 0 Å². The summed E-state index contributed by atoms with van der Waals surface area (Å²) in [6.07, 6.45) is 0.356. The van der Waals surface area contributed by atoms with Gasteiger partial charge in [0, 0.05) is 18.1 Å². The molecule has 1 unspecified atom stereocenters. The van der Waals surface area contributed by atoms with Gasteiger partial charge in [0.15, 0.2) is 0 Å². The maximum Gasteiger partial charge on any atom is 0.242 e. The molecule has 1 N–H and O–H groups in total. The molecular weight excluding hydrogens is 391 g/mol. The minimum Gasteiger partial charge on any atom is -0.354 e. The van der Waals surface area contributed by atoms with E-state index >= 15 is 0 Å². The number of carbonyl (C=O) groups is 2. The first kappa shape index (κ1) is 22.9. The number of carbonyl (C=O) groups excluding carboxylic acids is 2. The Balaban J connectivity index is 2.27. The van der Waals surface area contributed by atoms with Crippen molar-refractivity contribution in [3.05, 3.63) is 70.5 Å². The monoisotopic (exact) mass is 418 g/mol. The van der Waals surface area contributed by atoms with Gasteiger partial charge in [0.2, 0.25) is 11.8 Å². The first-order valence-corrected chi connectivity index (χ1v) is 10.2. The van der Waals surface area contributed by atoms with Crippen LogP contribution in [0.15, 0.2) is 48.5 Å². The van der Waals surface area contributed by atoms with Crippen molar-refractivity contribution in [1.29, 1.82) is 0 Å². The molecule has 0 saturated carbocycles. The summed E-state index contributed by atoms with van der Waals surface area (Å²) < 4.78 is 14.1. The average molecular weight is 419 g/mol. The zero-order valence-electron chi connectivity index (χ0n) is 17.1. The normalized spacial score (nSPS) is 11.9. The topological polar surface area (TPSA) is 49.4 Å². The zero-order chi connectivity index (χ0) is 21.4. The van der Waals surface area contributed by atoms with Crippen LogP contribution < -0.4 is 5.32 Å². The van der Waals surface area contributed by atoms with Gasteiger partial charge in [0.05, 0.1) is 6.42 Å². The van der Waals surface area contributed by atoms with E-state index in [1.165, 1.54) is 11.0 Å². The Morgan fingerprint density at radius 2 is 1.76 bits per heavy atom. The standard InChI is InChI=1S/C23H28ClFN2O2/c1-4-21(23(29)26-14-16(2)3)27(15-17-9-11-19(24)12-10-17)22(28)13-18-7-5-6-8-20(18)25/h5-12,16,21H,4,13-15H2,1-3H3,(H,26,29). The van der Waals surface area contributed by atoms with Crippen molar-refractivity contribution in [2.45, 2.75) is 46.2 Å². The van der Waals surface area contributed by atoms with Crippen LogP contribution in [0.4, 0.5) is 4.39 Å². The second-order valence-corrected chi connectivity index (χ2v) is 7.92. The van der Waals surface area contributed by atoms with Crippen LogP contribution in [0.25, 0.3) is 0 Å². The lowest BCUT2D eigenvalue weighted by atomic mass is 10.1. The van der Waals surface area contributed by atoms with E-state index in [1.807, 2.05) is 32.9 Å². The van der Waals surface area contributed by atoms with Gasteiger partial charge in [-0.15, -0.1) is 0 Å². The summed E-state index contributed by atoms with van der Waals surface area (Å²) in [5.74, 6) is -0.617. The summed E-state index contributed by atoms with van der Waals surface area (Å²) in [4.78, 5) is 27.5. The van der Waals surface area contributed by atoms with Crippen LogP contribution in [0.2, 0.25) is 5.02 Å². The smallest absolute Gasteiger partial charge is 0.242 e. The van der Waals surface area contributed by atoms with E-state index in [1.54, 1.807) is 30.3 Å². The summed E-state index contributed by atoms with van der Waals surface area (Å²) in [5, 5.41) is 3.51. The van der Waals surface area contributed by atoms with Crippen molar-refractivity contribution in [1.82, 2.24) is 10.2 Å². The van der Waals surface area contributed by atoms with Crippen LogP contribution in [0.5, 0.6) is 0 Å². The Kier molecular flexibility index (Phi) is 8.65. The molecule has 0 aliphatic rings. The van der Waals surface area contributed by atoms with Crippen LogP contribution >= 0.6 is 11.6 Å². The Morgan fingerprint density at radius 3 is 2.34 bits per heavy atom. The van der Waals surface area contributed by atoms with Crippen molar-refractivity contribution in [3.8, 4) is 0 Å². The molecule has 6 heteroatoms. The summed E-state index contributed by atoms with van der Waals surface area (Å²) in [6.45, 7) is 6.67. The Hall–Kier alpha value is -2.40. The Morgan fingerprint density at radius 1 is 1.10 bits per heavy atom. The molecule has 0 aliphatic heterocycles. The quantitative estimate of drug-likeness (QED) is 0.646. The summed E-state index contributed by atoms with van der Waals surface area (Å²) in [6, 6.07) is 12.7. The molecule has 0 saturated heterocycles. The van der Waals surface area contributed by atoms with E-state index in [9.17, 15) is 14.0 Å². The molecule has 2 amide bonds. The highest BCUT2D eigenvalue weighted by Gasteiger charge is 2.29. The lowest BCUT2D eigenvalue weighted by Gasteiger charge is -2.31. The van der Waals surface area contributed by atoms with Gasteiger partial charge in [-0.3, -0.25) is 9.59 Å². The lowest BCUT2D eigenvalue weighted by Crippen LogP contribution is -2.50. The van der Waals surface area contributed by atoms with Crippen molar-refractivity contribution in [2.24, 2.45) is 5.92 Å². The van der Waals surface area contributed by atoms with Gasteiger partial charge in [-0.1, -0.05) is 62.7 Å². The van der Waals surface area contributed by atoms with Gasteiger partial charge < -0.3 is 10.2 Å². The second-order valence-electron chi connectivity index (χ2n) is 7.48. The maximum absolute atomic E-state index is 14.1. The summed E-state index contributed by atoms with van der Waals surface area (Å²) in [7, 11) is 0. The molecule has 156 valence electrons. The molecule has 0 radical (unpaired) electrons. The number of rotatable bonds is 9. The fraction of sp³-hybridized carbons (Fsp3) is 0.391. The molecule has 0 fully saturated rings. The fourth-order valence-electron chi connectivity index (χ4n) is 3.03. The molecule has 0 aliphatic carbocycles. The first-order chi connectivity index (χ1) is 13.8. The van der Waals surface area contributed by atoms with Crippen molar-refractivity contribution in [2.75, 3.05) is 6.54 Å². The number of hydrogen-bond acceptors (Lipinski definition) is 2. The van der Waals surface area contributed by atoms with Gasteiger partial charge in [-0.25, -0.2) is 4.39 Å². The highest BCUT2D eigenvalue weighted by Crippen LogP contribution is 2.17. The zero-order valence-corrected chi connectivity index (χ0v) is 17.9. The molecule has 2 aromatic carbocycles. The van der Waals surface area contributed by atoms with Gasteiger partial charge >= 0.3 is 0 Å². The maximum atomic E-state index is 14.1. The predicted octanol–water partition coefficient (Wildman–Crippen LogP) is 4.60. The van der Waals surface area contributed by atoms with Gasteiger partial charge in [0.25, 0.3) is 0 Å². The molecule has 29 heavy (non-hydrogen) atoms. The molecule has 0 bridgehead atoms. The lowest BCUT2D eigenvalue weighted by molar-refractivity contribution is -0.141. The first-order valence-electron chi connectivity index (χ1n) is 9.86. The number of halogens is 2. The van der Waals surface area contributed by atoms with E-state index in [0.717, 1.165) is 5.56 Å². The second kappa shape index (κ2) is 11.0. The third kappa shape index (κ3) is 6.86. The highest BCUT2D eigenvalue weighted by molar-refractivity contribution is 6.30. The van der Waals surface area contributed by atoms with E-state index in [2.05, 4.69) is 5.32 Å². The molecular formula is C23H28ClFN2O2. The molecule has 0 aromatic heterocycles. The van der Waals surface area contributed by atoms with E-state index in [0.29, 0.717) is 29.5 Å². The number of hydrogen-bond donors (Lipinski definition) is 1. The predicted molar refractivity (Wildman–Crippen MR) is 114 cm³/mol. The van der Waals surface area contributed by atoms with Crippen molar-refractivity contribution in [3.63, 3.8) is 0 Å². The van der Waals surface area contributed by atoms with Crippen molar-refractivity contribution >= 4 is 23.4 Å². The minimum absolute atomic E-state index is 0.103. The average Bonchev–Trinajstić information content (AvgIpc) is 2.69. The highest BCUT2D eigenvalue weighted by atomic mass is 35.5. The number of benzene rings is 2. The van der Waals surface area contributed by atoms with E-state index in [4.69, 9.17) is 11.6 Å². The summed E-state index contributed by atoms with van der Waals surface area (Å²) >= 11 is 5.96. The van der Waals surface area contributed by atoms with Crippen LogP contribution in [0, 0.1) is 11.7 Å². The molecule has 1 atom stereocenters. The van der Waals surface area contributed by atoms with Gasteiger partial charge in [0.1, 0.15) is 11.9 Å². The molecule has 0 heterocycles. The molecule has 4 nitrogen and oxygen atoms in total. The fourth-order valence-corrected chi connectivity index (χ4v) is 3.16. The Bertz CT molecular complexity index is 824.